The van der Waals surface area contributed by atoms with Crippen molar-refractivity contribution in [3.05, 3.63) is 43.4 Å². The number of fused-ring (bicyclic) bond motifs is 1. The van der Waals surface area contributed by atoms with Crippen LogP contribution in [0, 0.1) is 0 Å². The zero-order chi connectivity index (χ0) is 32.6. The van der Waals surface area contributed by atoms with E-state index in [1.54, 1.807) is 17.4 Å². The number of unbranched alkanes of at least 4 members (excludes halogenated alkanes) is 6. The van der Waals surface area contributed by atoms with E-state index in [0.717, 1.165) is 61.8 Å². The lowest BCUT2D eigenvalue weighted by molar-refractivity contribution is -0.127. The summed E-state index contributed by atoms with van der Waals surface area (Å²) in [5, 5.41) is 27.0. The largest absolute Gasteiger partial charge is 0.506 e. The number of hydrogen-bond acceptors (Lipinski definition) is 10. The van der Waals surface area contributed by atoms with Crippen LogP contribution in [0.4, 0.5) is 0 Å². The number of aliphatic hydroxyl groups is 1. The van der Waals surface area contributed by atoms with Gasteiger partial charge in [0, 0.05) is 43.0 Å². The molecule has 3 fully saturated rings. The van der Waals surface area contributed by atoms with Gasteiger partial charge in [-0.1, -0.05) is 62.3 Å². The van der Waals surface area contributed by atoms with Gasteiger partial charge < -0.3 is 35.1 Å². The van der Waals surface area contributed by atoms with E-state index in [1.807, 2.05) is 10.3 Å². The quantitative estimate of drug-likeness (QED) is 0.148. The number of carbonyl (C=O) groups is 1. The average Bonchev–Trinajstić information content (AvgIpc) is 3.86. The first-order valence-electron chi connectivity index (χ1n) is 17.8. The molecule has 4 N–H and O–H groups in total. The molecule has 0 unspecified atom stereocenters. The number of ether oxygens (including phenoxy) is 1. The predicted molar refractivity (Wildman–Crippen MR) is 188 cm³/mol. The normalized spacial score (nSPS) is 19.6. The zero-order valence-electron chi connectivity index (χ0n) is 27.5. The minimum Gasteiger partial charge on any atom is -0.506 e. The summed E-state index contributed by atoms with van der Waals surface area (Å²) in [7, 11) is 0. The number of thiazole rings is 2. The van der Waals surface area contributed by atoms with Crippen molar-refractivity contribution < 1.29 is 19.7 Å². The summed E-state index contributed by atoms with van der Waals surface area (Å²) in [6.07, 6.45) is 14.7. The van der Waals surface area contributed by atoms with E-state index in [-0.39, 0.29) is 22.1 Å². The third kappa shape index (κ3) is 8.82. The first-order valence-corrected chi connectivity index (χ1v) is 19.4. The fourth-order valence-corrected chi connectivity index (χ4v) is 9.42. The average molecular weight is 686 g/mol. The van der Waals surface area contributed by atoms with Crippen LogP contribution in [0.25, 0.3) is 10.2 Å². The molecular weight excluding hydrogens is 635 g/mol. The Morgan fingerprint density at radius 2 is 1.83 bits per heavy atom. The van der Waals surface area contributed by atoms with Crippen molar-refractivity contribution in [2.75, 3.05) is 52.4 Å². The number of amides is 1. The smallest absolute Gasteiger partial charge is 0.305 e. The molecule has 0 radical (unpaired) electrons. The van der Waals surface area contributed by atoms with Crippen LogP contribution in [0.2, 0.25) is 0 Å². The van der Waals surface area contributed by atoms with E-state index in [4.69, 9.17) is 9.72 Å². The van der Waals surface area contributed by atoms with Crippen molar-refractivity contribution >= 4 is 38.8 Å². The summed E-state index contributed by atoms with van der Waals surface area (Å²) in [5.41, 5.74) is 1.49. The molecule has 6 rings (SSSR count). The number of hydrogen-bond donors (Lipinski definition) is 4. The molecule has 1 atom stereocenters. The number of carbonyl (C=O) groups excluding carboxylic acids is 1. The topological polar surface area (TPSA) is 131 Å². The monoisotopic (exact) mass is 685 g/mol. The maximum atomic E-state index is 13.3. The first kappa shape index (κ1) is 34.5. The van der Waals surface area contributed by atoms with Crippen molar-refractivity contribution in [1.29, 1.82) is 0 Å². The number of morpholine rings is 1. The van der Waals surface area contributed by atoms with Crippen LogP contribution < -0.4 is 10.2 Å². The molecule has 1 saturated carbocycles. The molecule has 1 amide bonds. The number of piperidine rings is 1. The van der Waals surface area contributed by atoms with Gasteiger partial charge in [0.25, 0.3) is 5.91 Å². The fraction of sp³-hybridized carbons (Fsp3) is 0.686. The van der Waals surface area contributed by atoms with E-state index in [9.17, 15) is 19.8 Å². The Balaban J connectivity index is 0.797. The van der Waals surface area contributed by atoms with E-state index < -0.39 is 6.10 Å². The highest BCUT2D eigenvalue weighted by atomic mass is 32.1. The molecule has 2 saturated heterocycles. The Morgan fingerprint density at radius 3 is 2.62 bits per heavy atom. The first-order chi connectivity index (χ1) is 22.9. The number of H-pyrrole nitrogens is 1. The van der Waals surface area contributed by atoms with Gasteiger partial charge in [-0.25, -0.2) is 4.98 Å². The van der Waals surface area contributed by atoms with Gasteiger partial charge >= 0.3 is 4.87 Å². The molecule has 2 aromatic heterocycles. The molecule has 4 heterocycles. The number of nitrogens with one attached hydrogen (secondary N) is 2. The SMILES string of the molecule is O=C(c1csc(C2CCCC2)n1)N1CCOC2(CCN(CCCCCCCCCNC[C@H](O)c3ccc(O)c4[nH]c(=O)sc34)CC2)C1. The molecule has 1 aromatic carbocycles. The van der Waals surface area contributed by atoms with Crippen LogP contribution in [0.15, 0.2) is 22.3 Å². The second-order valence-electron chi connectivity index (χ2n) is 13.7. The summed E-state index contributed by atoms with van der Waals surface area (Å²) in [6, 6.07) is 3.21. The Labute approximate surface area is 285 Å². The van der Waals surface area contributed by atoms with Crippen LogP contribution in [-0.4, -0.2) is 93.9 Å². The van der Waals surface area contributed by atoms with E-state index in [1.165, 1.54) is 70.3 Å². The lowest BCUT2D eigenvalue weighted by Crippen LogP contribution is -2.58. The summed E-state index contributed by atoms with van der Waals surface area (Å²) < 4.78 is 6.96. The molecule has 10 nitrogen and oxygen atoms in total. The maximum absolute atomic E-state index is 13.3. The van der Waals surface area contributed by atoms with Crippen LogP contribution >= 0.6 is 22.7 Å². The van der Waals surface area contributed by atoms with E-state index in [0.29, 0.717) is 53.6 Å². The number of aromatic amines is 1. The molecule has 3 aromatic rings. The highest BCUT2D eigenvalue weighted by Crippen LogP contribution is 2.36. The maximum Gasteiger partial charge on any atom is 0.305 e. The number of aliphatic hydroxyl groups excluding tert-OH is 1. The molecule has 2 aliphatic heterocycles. The van der Waals surface area contributed by atoms with Gasteiger partial charge in [-0.05, 0) is 57.7 Å². The minimum absolute atomic E-state index is 0.0264. The standard InChI is InChI=1S/C35H51N5O5S2/c41-28-13-12-26(31-30(28)38-34(44)47-31)29(42)22-36-16-8-4-2-1-3-5-9-17-39-18-14-35(15-19-39)24-40(20-21-45-35)33(43)27-23-46-32(37-27)25-10-6-7-11-25/h12-13,23,25,29,36,41-42H,1-11,14-22,24H2,(H,38,44)/t29-/m0/s1. The lowest BCUT2D eigenvalue weighted by atomic mass is 9.89. The summed E-state index contributed by atoms with van der Waals surface area (Å²) in [4.78, 5) is 36.8. The Morgan fingerprint density at radius 1 is 1.09 bits per heavy atom. The van der Waals surface area contributed by atoms with Gasteiger partial charge in [0.15, 0.2) is 0 Å². The molecule has 1 aliphatic carbocycles. The Bertz CT molecular complexity index is 1510. The van der Waals surface area contributed by atoms with Crippen LogP contribution in [0.5, 0.6) is 5.75 Å². The second kappa shape index (κ2) is 16.4. The van der Waals surface area contributed by atoms with Gasteiger partial charge in [0.1, 0.15) is 17.0 Å². The van der Waals surface area contributed by atoms with Crippen LogP contribution in [0.1, 0.15) is 117 Å². The number of phenolic OH excluding ortho intramolecular Hbond substituents is 1. The second-order valence-corrected chi connectivity index (χ2v) is 15.6. The van der Waals surface area contributed by atoms with Crippen molar-refractivity contribution in [2.45, 2.75) is 101 Å². The van der Waals surface area contributed by atoms with Crippen LogP contribution in [0.3, 0.4) is 0 Å². The van der Waals surface area contributed by atoms with Gasteiger partial charge in [-0.2, -0.15) is 0 Å². The highest BCUT2D eigenvalue weighted by Gasteiger charge is 2.41. The molecule has 3 aliphatic rings. The van der Waals surface area contributed by atoms with Crippen molar-refractivity contribution in [1.82, 2.24) is 25.1 Å². The molecule has 0 bridgehead atoms. The van der Waals surface area contributed by atoms with E-state index in [2.05, 4.69) is 15.2 Å². The van der Waals surface area contributed by atoms with Gasteiger partial charge in [0.2, 0.25) is 0 Å². The number of nitrogens with zero attached hydrogens (tertiary/aromatic N) is 3. The van der Waals surface area contributed by atoms with Gasteiger partial charge in [0.05, 0.1) is 34.6 Å². The molecule has 258 valence electrons. The van der Waals surface area contributed by atoms with Crippen molar-refractivity contribution in [2.24, 2.45) is 0 Å². The third-order valence-corrected chi connectivity index (χ3v) is 12.3. The number of benzene rings is 1. The molecule has 12 heteroatoms. The number of aromatic hydroxyl groups is 1. The van der Waals surface area contributed by atoms with Gasteiger partial charge in [-0.3, -0.25) is 9.59 Å². The number of likely N-dealkylation sites (tertiary alicyclic amines) is 1. The van der Waals surface area contributed by atoms with Crippen molar-refractivity contribution in [3.8, 4) is 5.75 Å². The predicted octanol–water partition coefficient (Wildman–Crippen LogP) is 5.77. The van der Waals surface area contributed by atoms with Crippen LogP contribution in [-0.2, 0) is 4.74 Å². The highest BCUT2D eigenvalue weighted by molar-refractivity contribution is 7.16. The van der Waals surface area contributed by atoms with Crippen molar-refractivity contribution in [3.63, 3.8) is 0 Å². The summed E-state index contributed by atoms with van der Waals surface area (Å²) >= 11 is 2.68. The number of phenols is 1. The molecular formula is C35H51N5O5S2. The lowest BCUT2D eigenvalue weighted by Gasteiger charge is -2.47. The third-order valence-electron chi connectivity index (χ3n) is 10.4. The zero-order valence-corrected chi connectivity index (χ0v) is 29.1. The van der Waals surface area contributed by atoms with E-state index >= 15 is 0 Å². The van der Waals surface area contributed by atoms with Gasteiger partial charge in [-0.15, -0.1) is 11.3 Å². The molecule has 47 heavy (non-hydrogen) atoms. The molecule has 1 spiro atoms. The fourth-order valence-electron chi connectivity index (χ4n) is 7.53. The number of rotatable bonds is 15. The number of aromatic nitrogens is 2. The summed E-state index contributed by atoms with van der Waals surface area (Å²) in [5.74, 6) is 0.658. The minimum atomic E-state index is -0.729. The Kier molecular flexibility index (Phi) is 12.0. The summed E-state index contributed by atoms with van der Waals surface area (Å²) in [6.45, 7) is 6.44. The Hall–Kier alpha value is -2.35.